The molecule has 0 bridgehead atoms. The van der Waals surface area contributed by atoms with Crippen LogP contribution in [0.5, 0.6) is 0 Å². The second-order valence-corrected chi connectivity index (χ2v) is 8.45. The number of hydrogen-bond donors (Lipinski definition) is 2. The maximum Gasteiger partial charge on any atom is 0.404 e. The van der Waals surface area contributed by atoms with Crippen molar-refractivity contribution in [2.45, 2.75) is 16.3 Å². The van der Waals surface area contributed by atoms with Gasteiger partial charge in [0.05, 0.1) is 15.6 Å². The summed E-state index contributed by atoms with van der Waals surface area (Å²) in [5.41, 5.74) is 0.0639. The molecule has 8 nitrogen and oxygen atoms in total. The lowest BCUT2D eigenvalue weighted by Gasteiger charge is -2.10. The van der Waals surface area contributed by atoms with E-state index < -0.39 is 21.7 Å². The number of carbonyl (C=O) groups is 1. The summed E-state index contributed by atoms with van der Waals surface area (Å²) in [5, 5.41) is 14.6. The molecule has 2 heterocycles. The molecule has 0 radical (unpaired) electrons. The molecule has 3 rings (SSSR count). The van der Waals surface area contributed by atoms with Crippen molar-refractivity contribution in [2.75, 3.05) is 6.54 Å². The first-order valence-electron chi connectivity index (χ1n) is 8.07. The molecule has 0 aliphatic carbocycles. The molecule has 0 aliphatic rings. The van der Waals surface area contributed by atoms with Crippen LogP contribution >= 0.6 is 23.2 Å². The van der Waals surface area contributed by atoms with Crippen LogP contribution in [-0.4, -0.2) is 40.9 Å². The summed E-state index contributed by atoms with van der Waals surface area (Å²) in [6.45, 7) is -0.00758. The zero-order valence-electron chi connectivity index (χ0n) is 14.5. The minimum Gasteiger partial charge on any atom is -0.465 e. The van der Waals surface area contributed by atoms with Crippen molar-refractivity contribution in [2.24, 2.45) is 0 Å². The van der Waals surface area contributed by atoms with Crippen LogP contribution in [0.25, 0.3) is 5.69 Å². The van der Waals surface area contributed by atoms with Gasteiger partial charge in [0, 0.05) is 19.2 Å². The number of carboxylic acid groups (broad SMARTS) is 1. The third-order valence-corrected chi connectivity index (χ3v) is 6.05. The van der Waals surface area contributed by atoms with E-state index in [-0.39, 0.29) is 44.4 Å². The molecule has 0 aliphatic heterocycles. The number of nitrogens with zero attached hydrogens (tertiary/aromatic N) is 3. The van der Waals surface area contributed by atoms with E-state index in [4.69, 9.17) is 28.3 Å². The highest BCUT2D eigenvalue weighted by Crippen LogP contribution is 2.28. The molecule has 0 saturated heterocycles. The molecule has 0 spiro atoms. The summed E-state index contributed by atoms with van der Waals surface area (Å²) in [4.78, 5) is 14.2. The van der Waals surface area contributed by atoms with E-state index in [0.29, 0.717) is 0 Å². The molecular weight excluding hydrogens is 446 g/mol. The van der Waals surface area contributed by atoms with Crippen molar-refractivity contribution in [3.05, 3.63) is 64.3 Å². The minimum atomic E-state index is -4.15. The first-order chi connectivity index (χ1) is 13.7. The Labute approximate surface area is 174 Å². The molecule has 12 heteroatoms. The molecule has 3 aromatic rings. The predicted molar refractivity (Wildman–Crippen MR) is 103 cm³/mol. The van der Waals surface area contributed by atoms with E-state index in [0.717, 1.165) is 10.9 Å². The smallest absolute Gasteiger partial charge is 0.404 e. The van der Waals surface area contributed by atoms with Crippen LogP contribution in [0, 0.1) is 5.82 Å². The van der Waals surface area contributed by atoms with E-state index in [1.807, 2.05) is 0 Å². The van der Waals surface area contributed by atoms with Crippen LogP contribution in [0.1, 0.15) is 5.69 Å². The summed E-state index contributed by atoms with van der Waals surface area (Å²) in [6, 6.07) is 7.92. The van der Waals surface area contributed by atoms with Gasteiger partial charge in [-0.3, -0.25) is 0 Å². The lowest BCUT2D eigenvalue weighted by molar-refractivity contribution is 0.194. The van der Waals surface area contributed by atoms with Crippen molar-refractivity contribution in [3.8, 4) is 5.69 Å². The van der Waals surface area contributed by atoms with Gasteiger partial charge < -0.3 is 10.4 Å². The van der Waals surface area contributed by atoms with Gasteiger partial charge in [-0.2, -0.15) is 5.10 Å². The molecule has 2 aromatic heterocycles. The van der Waals surface area contributed by atoms with Gasteiger partial charge >= 0.3 is 6.09 Å². The van der Waals surface area contributed by atoms with Gasteiger partial charge in [-0.25, -0.2) is 27.3 Å². The molecule has 29 heavy (non-hydrogen) atoms. The third-order valence-electron chi connectivity index (χ3n) is 3.83. The van der Waals surface area contributed by atoms with E-state index in [9.17, 15) is 17.6 Å². The fraction of sp³-hybridized carbons (Fsp3) is 0.118. The molecular formula is C17H13Cl2FN4O4S. The maximum atomic E-state index is 14.6. The molecule has 0 saturated carbocycles. The average molecular weight is 459 g/mol. The Morgan fingerprint density at radius 1 is 1.24 bits per heavy atom. The Balaban J connectivity index is 2.13. The lowest BCUT2D eigenvalue weighted by Crippen LogP contribution is -2.23. The monoisotopic (exact) mass is 458 g/mol. The summed E-state index contributed by atoms with van der Waals surface area (Å²) in [5.74, 6) is -0.849. The minimum absolute atomic E-state index is 0.00758. The Morgan fingerprint density at radius 2 is 2.00 bits per heavy atom. The molecule has 1 amide bonds. The van der Waals surface area contributed by atoms with Gasteiger partial charge in [-0.1, -0.05) is 29.3 Å². The van der Waals surface area contributed by atoms with Gasteiger partial charge in [0.1, 0.15) is 10.8 Å². The molecule has 2 N–H and O–H groups in total. The fourth-order valence-corrected chi connectivity index (χ4v) is 4.11. The van der Waals surface area contributed by atoms with Crippen molar-refractivity contribution in [1.82, 2.24) is 20.1 Å². The van der Waals surface area contributed by atoms with Crippen LogP contribution in [0.2, 0.25) is 10.2 Å². The zero-order valence-corrected chi connectivity index (χ0v) is 16.8. The first kappa shape index (κ1) is 21.0. The van der Waals surface area contributed by atoms with E-state index in [1.165, 1.54) is 36.4 Å². The average Bonchev–Trinajstić information content (AvgIpc) is 3.09. The van der Waals surface area contributed by atoms with Gasteiger partial charge in [0.25, 0.3) is 0 Å². The van der Waals surface area contributed by atoms with Crippen molar-refractivity contribution in [1.29, 1.82) is 0 Å². The van der Waals surface area contributed by atoms with Crippen LogP contribution in [0.3, 0.4) is 0 Å². The van der Waals surface area contributed by atoms with Gasteiger partial charge in [-0.05, 0) is 30.3 Å². The standard InChI is InChI=1S/C17H13Cl2FN4O4S/c18-12-2-1-3-13(16(12)20)24-15(8-10(23-24)6-7-21-17(25)26)29(27,28)11-4-5-14(19)22-9-11/h1-5,8-9,21H,6-7H2,(H,25,26). The molecule has 0 fully saturated rings. The zero-order chi connectivity index (χ0) is 21.2. The van der Waals surface area contributed by atoms with Crippen molar-refractivity contribution >= 4 is 39.1 Å². The molecule has 152 valence electrons. The number of halogens is 3. The van der Waals surface area contributed by atoms with Gasteiger partial charge in [0.2, 0.25) is 9.84 Å². The lowest BCUT2D eigenvalue weighted by atomic mass is 10.3. The first-order valence-corrected chi connectivity index (χ1v) is 10.3. The number of aromatic nitrogens is 3. The second kappa shape index (κ2) is 8.36. The van der Waals surface area contributed by atoms with Gasteiger partial charge in [-0.15, -0.1) is 0 Å². The van der Waals surface area contributed by atoms with Crippen molar-refractivity contribution in [3.63, 3.8) is 0 Å². The second-order valence-electron chi connectivity index (χ2n) is 5.76. The maximum absolute atomic E-state index is 14.6. The number of sulfone groups is 1. The summed E-state index contributed by atoms with van der Waals surface area (Å²) < 4.78 is 41.7. The fourth-order valence-electron chi connectivity index (χ4n) is 2.49. The number of benzene rings is 1. The Morgan fingerprint density at radius 3 is 2.66 bits per heavy atom. The summed E-state index contributed by atoms with van der Waals surface area (Å²) in [7, 11) is -4.15. The molecule has 0 atom stereocenters. The van der Waals surface area contributed by atoms with E-state index in [1.54, 1.807) is 0 Å². The van der Waals surface area contributed by atoms with Gasteiger partial charge in [0.15, 0.2) is 10.8 Å². The Bertz CT molecular complexity index is 1170. The quantitative estimate of drug-likeness (QED) is 0.547. The van der Waals surface area contributed by atoms with Crippen molar-refractivity contribution < 1.29 is 22.7 Å². The molecule has 0 unspecified atom stereocenters. The van der Waals surface area contributed by atoms with Crippen LogP contribution in [0.15, 0.2) is 52.5 Å². The highest BCUT2D eigenvalue weighted by Gasteiger charge is 2.27. The normalized spacial score (nSPS) is 11.4. The highest BCUT2D eigenvalue weighted by atomic mass is 35.5. The predicted octanol–water partition coefficient (Wildman–Crippen LogP) is 3.36. The SMILES string of the molecule is O=C(O)NCCc1cc(S(=O)(=O)c2ccc(Cl)nc2)n(-c2cccc(Cl)c2F)n1. The van der Waals surface area contributed by atoms with Crippen LogP contribution in [-0.2, 0) is 16.3 Å². The number of amides is 1. The summed E-state index contributed by atoms with van der Waals surface area (Å²) >= 11 is 11.5. The van der Waals surface area contributed by atoms with E-state index >= 15 is 0 Å². The summed E-state index contributed by atoms with van der Waals surface area (Å²) in [6.07, 6.45) is -0.0666. The number of nitrogens with one attached hydrogen (secondary N) is 1. The number of rotatable bonds is 6. The van der Waals surface area contributed by atoms with Crippen LogP contribution in [0.4, 0.5) is 9.18 Å². The number of hydrogen-bond acceptors (Lipinski definition) is 5. The number of pyridine rings is 1. The largest absolute Gasteiger partial charge is 0.465 e. The Hall–Kier alpha value is -2.69. The Kier molecular flexibility index (Phi) is 6.06. The topological polar surface area (TPSA) is 114 Å². The van der Waals surface area contributed by atoms with Crippen LogP contribution < -0.4 is 5.32 Å². The third kappa shape index (κ3) is 4.50. The molecule has 1 aromatic carbocycles. The van der Waals surface area contributed by atoms with E-state index in [2.05, 4.69) is 15.4 Å². The highest BCUT2D eigenvalue weighted by molar-refractivity contribution is 7.91.